The number of hydrogen-bond acceptors (Lipinski definition) is 5. The van der Waals surface area contributed by atoms with E-state index in [1.807, 2.05) is 30.3 Å². The number of anilines is 1. The van der Waals surface area contributed by atoms with Crippen molar-refractivity contribution < 1.29 is 14.9 Å². The van der Waals surface area contributed by atoms with Crippen LogP contribution in [-0.4, -0.2) is 40.0 Å². The maximum absolute atomic E-state index is 9.75. The standard InChI is InChI=1S/C27H29N3O3/c1-19-6-3-4-7-23(19)25-14-13-24(20-8-11-22(32)12-9-20)30(25)18-21-10-15-26(33-2)27(29-21)28-16-5-17-31/h3-4,6-15,31-32H,5,16-18H2,1-2H3,(H,28,29). The Morgan fingerprint density at radius 3 is 2.42 bits per heavy atom. The average Bonchev–Trinajstić information content (AvgIpc) is 3.23. The lowest BCUT2D eigenvalue weighted by atomic mass is 10.1. The number of pyridine rings is 1. The highest BCUT2D eigenvalue weighted by Crippen LogP contribution is 2.33. The fourth-order valence-corrected chi connectivity index (χ4v) is 3.93. The smallest absolute Gasteiger partial charge is 0.169 e. The van der Waals surface area contributed by atoms with Crippen molar-refractivity contribution in [2.24, 2.45) is 0 Å². The summed E-state index contributed by atoms with van der Waals surface area (Å²) in [5, 5.41) is 22.1. The van der Waals surface area contributed by atoms with Gasteiger partial charge in [-0.3, -0.25) is 0 Å². The first-order valence-corrected chi connectivity index (χ1v) is 11.0. The molecule has 0 spiro atoms. The molecule has 0 aliphatic carbocycles. The lowest BCUT2D eigenvalue weighted by Crippen LogP contribution is -2.10. The number of aliphatic hydroxyl groups is 1. The summed E-state index contributed by atoms with van der Waals surface area (Å²) in [7, 11) is 1.62. The number of nitrogens with zero attached hydrogens (tertiary/aromatic N) is 2. The van der Waals surface area contributed by atoms with Crippen molar-refractivity contribution in [2.75, 3.05) is 25.6 Å². The van der Waals surface area contributed by atoms with Gasteiger partial charge in [0.1, 0.15) is 5.75 Å². The average molecular weight is 444 g/mol. The van der Waals surface area contributed by atoms with Crippen molar-refractivity contribution in [3.63, 3.8) is 0 Å². The van der Waals surface area contributed by atoms with Gasteiger partial charge in [0.2, 0.25) is 0 Å². The highest BCUT2D eigenvalue weighted by Gasteiger charge is 2.15. The van der Waals surface area contributed by atoms with Crippen LogP contribution < -0.4 is 10.1 Å². The number of aliphatic hydroxyl groups excluding tert-OH is 1. The Bertz CT molecular complexity index is 1220. The fraction of sp³-hybridized carbons (Fsp3) is 0.222. The minimum Gasteiger partial charge on any atom is -0.508 e. The number of hydrogen-bond donors (Lipinski definition) is 3. The molecule has 0 saturated carbocycles. The summed E-state index contributed by atoms with van der Waals surface area (Å²) in [5.74, 6) is 1.58. The molecule has 0 radical (unpaired) electrons. The van der Waals surface area contributed by atoms with Crippen molar-refractivity contribution in [1.29, 1.82) is 0 Å². The van der Waals surface area contributed by atoms with E-state index in [9.17, 15) is 5.11 Å². The van der Waals surface area contributed by atoms with Gasteiger partial charge >= 0.3 is 0 Å². The Kier molecular flexibility index (Phi) is 6.95. The van der Waals surface area contributed by atoms with Crippen LogP contribution in [-0.2, 0) is 6.54 Å². The first-order chi connectivity index (χ1) is 16.1. The molecule has 0 atom stereocenters. The Hall–Kier alpha value is -3.77. The van der Waals surface area contributed by atoms with Crippen LogP contribution in [0, 0.1) is 6.92 Å². The molecule has 4 rings (SSSR count). The predicted molar refractivity (Wildman–Crippen MR) is 132 cm³/mol. The number of aromatic nitrogens is 2. The minimum absolute atomic E-state index is 0.119. The van der Waals surface area contributed by atoms with E-state index in [0.29, 0.717) is 31.1 Å². The summed E-state index contributed by atoms with van der Waals surface area (Å²) < 4.78 is 7.71. The zero-order valence-electron chi connectivity index (χ0n) is 19.0. The summed E-state index contributed by atoms with van der Waals surface area (Å²) >= 11 is 0. The first kappa shape index (κ1) is 22.4. The van der Waals surface area contributed by atoms with Crippen LogP contribution in [0.4, 0.5) is 5.82 Å². The molecule has 33 heavy (non-hydrogen) atoms. The Balaban J connectivity index is 1.77. The summed E-state index contributed by atoms with van der Waals surface area (Å²) in [6.45, 7) is 3.40. The zero-order valence-corrected chi connectivity index (χ0v) is 19.0. The third kappa shape index (κ3) is 5.02. The van der Waals surface area contributed by atoms with E-state index in [2.05, 4.69) is 47.1 Å². The first-order valence-electron chi connectivity index (χ1n) is 11.0. The second kappa shape index (κ2) is 10.2. The molecule has 0 amide bonds. The van der Waals surface area contributed by atoms with Crippen molar-refractivity contribution >= 4 is 5.82 Å². The van der Waals surface area contributed by atoms with Gasteiger partial charge in [-0.25, -0.2) is 4.98 Å². The quantitative estimate of drug-likeness (QED) is 0.314. The van der Waals surface area contributed by atoms with Gasteiger partial charge in [-0.05, 0) is 73.0 Å². The molecule has 170 valence electrons. The van der Waals surface area contributed by atoms with Gasteiger partial charge < -0.3 is 24.8 Å². The zero-order chi connectivity index (χ0) is 23.2. The Labute approximate surface area is 194 Å². The molecule has 0 fully saturated rings. The highest BCUT2D eigenvalue weighted by molar-refractivity contribution is 5.72. The second-order valence-electron chi connectivity index (χ2n) is 7.91. The Morgan fingerprint density at radius 2 is 1.70 bits per heavy atom. The van der Waals surface area contributed by atoms with Crippen LogP contribution in [0.2, 0.25) is 0 Å². The largest absolute Gasteiger partial charge is 0.508 e. The number of aromatic hydroxyl groups is 1. The molecule has 6 nitrogen and oxygen atoms in total. The fourth-order valence-electron chi connectivity index (χ4n) is 3.93. The Morgan fingerprint density at radius 1 is 0.939 bits per heavy atom. The summed E-state index contributed by atoms with van der Waals surface area (Å²) in [6.07, 6.45) is 0.634. The molecule has 0 aliphatic heterocycles. The van der Waals surface area contributed by atoms with Crippen LogP contribution >= 0.6 is 0 Å². The van der Waals surface area contributed by atoms with Gasteiger partial charge in [0.15, 0.2) is 11.6 Å². The molecule has 3 N–H and O–H groups in total. The summed E-state index contributed by atoms with van der Waals surface area (Å²) in [6, 6.07) is 23.7. The highest BCUT2D eigenvalue weighted by atomic mass is 16.5. The summed E-state index contributed by atoms with van der Waals surface area (Å²) in [4.78, 5) is 4.82. The third-order valence-electron chi connectivity index (χ3n) is 5.65. The number of rotatable bonds is 9. The van der Waals surface area contributed by atoms with E-state index in [0.717, 1.165) is 28.2 Å². The summed E-state index contributed by atoms with van der Waals surface area (Å²) in [5.41, 5.74) is 6.40. The van der Waals surface area contributed by atoms with Gasteiger partial charge in [-0.1, -0.05) is 24.3 Å². The van der Waals surface area contributed by atoms with E-state index in [1.54, 1.807) is 19.2 Å². The lowest BCUT2D eigenvalue weighted by Gasteiger charge is -2.17. The number of aryl methyl sites for hydroxylation is 1. The van der Waals surface area contributed by atoms with Gasteiger partial charge in [-0.15, -0.1) is 0 Å². The SMILES string of the molecule is COc1ccc(Cn2c(-c3ccc(O)cc3)ccc2-c2ccccc2C)nc1NCCCO. The van der Waals surface area contributed by atoms with Gasteiger partial charge in [0, 0.05) is 30.1 Å². The number of benzene rings is 2. The second-order valence-corrected chi connectivity index (χ2v) is 7.91. The van der Waals surface area contributed by atoms with Crippen molar-refractivity contribution in [3.05, 3.63) is 84.1 Å². The van der Waals surface area contributed by atoms with Crippen LogP contribution in [0.15, 0.2) is 72.8 Å². The molecule has 0 saturated heterocycles. The van der Waals surface area contributed by atoms with Crippen molar-refractivity contribution in [1.82, 2.24) is 9.55 Å². The molecule has 0 aliphatic rings. The molecule has 0 unspecified atom stereocenters. The minimum atomic E-state index is 0.119. The molecule has 2 aromatic heterocycles. The molecular formula is C27H29N3O3. The molecule has 2 aromatic carbocycles. The topological polar surface area (TPSA) is 79.5 Å². The van der Waals surface area contributed by atoms with Crippen LogP contribution in [0.3, 0.4) is 0 Å². The normalized spacial score (nSPS) is 10.9. The number of nitrogens with one attached hydrogen (secondary N) is 1. The molecule has 6 heteroatoms. The van der Waals surface area contributed by atoms with Gasteiger partial charge in [-0.2, -0.15) is 0 Å². The van der Waals surface area contributed by atoms with E-state index in [4.69, 9.17) is 14.8 Å². The molecular weight excluding hydrogens is 414 g/mol. The van der Waals surface area contributed by atoms with Gasteiger partial charge in [0.05, 0.1) is 19.3 Å². The van der Waals surface area contributed by atoms with Crippen LogP contribution in [0.5, 0.6) is 11.5 Å². The molecule has 2 heterocycles. The van der Waals surface area contributed by atoms with E-state index in [1.165, 1.54) is 5.56 Å². The van der Waals surface area contributed by atoms with Crippen molar-refractivity contribution in [2.45, 2.75) is 19.9 Å². The number of phenolic OH excluding ortho intramolecular Hbond substituents is 1. The van der Waals surface area contributed by atoms with Crippen LogP contribution in [0.25, 0.3) is 22.5 Å². The number of ether oxygens (including phenoxy) is 1. The monoisotopic (exact) mass is 443 g/mol. The van der Waals surface area contributed by atoms with E-state index >= 15 is 0 Å². The number of methoxy groups -OCH3 is 1. The van der Waals surface area contributed by atoms with E-state index in [-0.39, 0.29) is 12.4 Å². The van der Waals surface area contributed by atoms with Crippen molar-refractivity contribution in [3.8, 4) is 34.0 Å². The maximum Gasteiger partial charge on any atom is 0.169 e. The number of phenols is 1. The maximum atomic E-state index is 9.75. The molecule has 4 aromatic rings. The third-order valence-corrected chi connectivity index (χ3v) is 5.65. The molecule has 0 bridgehead atoms. The van der Waals surface area contributed by atoms with Crippen LogP contribution in [0.1, 0.15) is 17.7 Å². The van der Waals surface area contributed by atoms with Gasteiger partial charge in [0.25, 0.3) is 0 Å². The van der Waals surface area contributed by atoms with E-state index < -0.39 is 0 Å². The predicted octanol–water partition coefficient (Wildman–Crippen LogP) is 5.08. The lowest BCUT2D eigenvalue weighted by molar-refractivity contribution is 0.292.